The van der Waals surface area contributed by atoms with Gasteiger partial charge in [0.15, 0.2) is 16.7 Å². The van der Waals surface area contributed by atoms with Crippen LogP contribution in [0.4, 0.5) is 0 Å². The van der Waals surface area contributed by atoms with Crippen molar-refractivity contribution in [2.75, 3.05) is 33.9 Å². The average molecular weight is 586 g/mol. The summed E-state index contributed by atoms with van der Waals surface area (Å²) in [4.78, 5) is 47.8. The number of aliphatic imine (C=N–C) groups is 1. The quantitative estimate of drug-likeness (QED) is 0.397. The maximum absolute atomic E-state index is 13.7. The predicted molar refractivity (Wildman–Crippen MR) is 156 cm³/mol. The maximum atomic E-state index is 13.7. The number of carbonyl (C=O) groups is 3. The van der Waals surface area contributed by atoms with Crippen LogP contribution in [0.3, 0.4) is 0 Å². The number of rotatable bonds is 8. The number of allylic oxidation sites excluding steroid dienone is 1. The van der Waals surface area contributed by atoms with E-state index >= 15 is 0 Å². The van der Waals surface area contributed by atoms with E-state index in [1.807, 2.05) is 43.2 Å². The van der Waals surface area contributed by atoms with Gasteiger partial charge in [-0.05, 0) is 58.9 Å². The Kier molecular flexibility index (Phi) is 9.36. The summed E-state index contributed by atoms with van der Waals surface area (Å²) in [5.41, 5.74) is 1.59. The van der Waals surface area contributed by atoms with Crippen LogP contribution in [0.25, 0.3) is 0 Å². The van der Waals surface area contributed by atoms with Crippen LogP contribution in [0.2, 0.25) is 0 Å². The van der Waals surface area contributed by atoms with Crippen molar-refractivity contribution in [1.29, 1.82) is 0 Å². The number of amides is 1. The number of amidine groups is 1. The van der Waals surface area contributed by atoms with Gasteiger partial charge in [0.25, 0.3) is 0 Å². The highest BCUT2D eigenvalue weighted by Crippen LogP contribution is 2.49. The van der Waals surface area contributed by atoms with Gasteiger partial charge in [-0.3, -0.25) is 9.59 Å². The number of methoxy groups -OCH3 is 2. The van der Waals surface area contributed by atoms with Crippen LogP contribution in [0.15, 0.2) is 45.6 Å². The average Bonchev–Trinajstić information content (AvgIpc) is 3.32. The Morgan fingerprint density at radius 3 is 2.41 bits per heavy atom. The summed E-state index contributed by atoms with van der Waals surface area (Å²) in [6.45, 7) is 10.4. The number of fused-ring (bicyclic) bond motifs is 1. The summed E-state index contributed by atoms with van der Waals surface area (Å²) in [5.74, 6) is 0.0797. The second-order valence-electron chi connectivity index (χ2n) is 11.1. The van der Waals surface area contributed by atoms with Crippen molar-refractivity contribution in [1.82, 2.24) is 9.80 Å². The van der Waals surface area contributed by atoms with E-state index in [9.17, 15) is 14.4 Å². The van der Waals surface area contributed by atoms with E-state index in [1.54, 1.807) is 39.0 Å². The van der Waals surface area contributed by atoms with Crippen molar-refractivity contribution in [3.8, 4) is 11.5 Å². The lowest BCUT2D eigenvalue weighted by molar-refractivity contribution is -0.151. The molecule has 4 rings (SSSR count). The minimum absolute atomic E-state index is 0.0538. The number of ether oxygens (including phenoxy) is 4. The second kappa shape index (κ2) is 12.6. The molecule has 0 aliphatic carbocycles. The number of esters is 2. The Morgan fingerprint density at radius 2 is 1.80 bits per heavy atom. The molecule has 1 unspecified atom stereocenters. The van der Waals surface area contributed by atoms with Crippen LogP contribution in [-0.4, -0.2) is 72.3 Å². The number of para-hydroxylation sites is 1. The number of hydrogen-bond donors (Lipinski definition) is 0. The minimum Gasteiger partial charge on any atom is -0.493 e. The molecule has 1 aromatic rings. The summed E-state index contributed by atoms with van der Waals surface area (Å²) >= 11 is 1.41. The third-order valence-electron chi connectivity index (χ3n) is 7.15. The van der Waals surface area contributed by atoms with E-state index in [0.29, 0.717) is 66.0 Å². The lowest BCUT2D eigenvalue weighted by Gasteiger charge is -2.38. The highest BCUT2D eigenvalue weighted by Gasteiger charge is 2.44. The number of piperidine rings is 1. The Labute approximate surface area is 245 Å². The van der Waals surface area contributed by atoms with E-state index in [1.165, 1.54) is 11.8 Å². The van der Waals surface area contributed by atoms with Crippen molar-refractivity contribution in [2.45, 2.75) is 65.5 Å². The van der Waals surface area contributed by atoms with Gasteiger partial charge >= 0.3 is 11.9 Å². The summed E-state index contributed by atoms with van der Waals surface area (Å²) in [6, 6.07) is 4.86. The van der Waals surface area contributed by atoms with Gasteiger partial charge in [-0.1, -0.05) is 23.9 Å². The molecule has 1 atom stereocenters. The number of benzene rings is 1. The van der Waals surface area contributed by atoms with Crippen LogP contribution >= 0.6 is 11.8 Å². The van der Waals surface area contributed by atoms with E-state index in [4.69, 9.17) is 23.9 Å². The zero-order valence-corrected chi connectivity index (χ0v) is 25.6. The largest absolute Gasteiger partial charge is 0.493 e. The lowest BCUT2D eigenvalue weighted by atomic mass is 9.92. The molecule has 0 saturated carbocycles. The number of carbonyl (C=O) groups excluding carboxylic acids is 3. The first-order valence-electron chi connectivity index (χ1n) is 13.8. The van der Waals surface area contributed by atoms with E-state index in [2.05, 4.69) is 0 Å². The van der Waals surface area contributed by atoms with Crippen LogP contribution in [0.1, 0.15) is 65.5 Å². The molecule has 1 saturated heterocycles. The highest BCUT2D eigenvalue weighted by molar-refractivity contribution is 8.16. The molecule has 1 amide bonds. The van der Waals surface area contributed by atoms with Gasteiger partial charge in [0, 0.05) is 24.4 Å². The first-order valence-corrected chi connectivity index (χ1v) is 14.7. The predicted octanol–water partition coefficient (Wildman–Crippen LogP) is 4.81. The van der Waals surface area contributed by atoms with Gasteiger partial charge in [-0.25, -0.2) is 9.79 Å². The first kappa shape index (κ1) is 30.5. The molecule has 0 aromatic heterocycles. The summed E-state index contributed by atoms with van der Waals surface area (Å²) in [5, 5.41) is 2.57. The van der Waals surface area contributed by atoms with Gasteiger partial charge in [0.1, 0.15) is 5.60 Å². The number of thioether (sulfide) groups is 1. The molecular formula is C30H39N3O7S. The van der Waals surface area contributed by atoms with Crippen molar-refractivity contribution < 1.29 is 33.3 Å². The van der Waals surface area contributed by atoms with E-state index in [0.717, 1.165) is 5.70 Å². The third-order valence-corrected chi connectivity index (χ3v) is 8.04. The van der Waals surface area contributed by atoms with Gasteiger partial charge in [0.05, 0.1) is 50.5 Å². The minimum atomic E-state index is -0.721. The van der Waals surface area contributed by atoms with Gasteiger partial charge in [0.2, 0.25) is 5.91 Å². The fourth-order valence-corrected chi connectivity index (χ4v) is 6.24. The van der Waals surface area contributed by atoms with Crippen molar-refractivity contribution in [3.05, 3.63) is 46.1 Å². The van der Waals surface area contributed by atoms with Crippen molar-refractivity contribution in [3.63, 3.8) is 0 Å². The fraction of sp³-hybridized carbons (Fsp3) is 0.533. The van der Waals surface area contributed by atoms with Gasteiger partial charge < -0.3 is 28.7 Å². The third kappa shape index (κ3) is 6.55. The van der Waals surface area contributed by atoms with E-state index < -0.39 is 17.6 Å². The Bertz CT molecular complexity index is 1290. The Hall–Kier alpha value is -3.47. The number of hydrogen-bond acceptors (Lipinski definition) is 10. The molecule has 3 aliphatic rings. The summed E-state index contributed by atoms with van der Waals surface area (Å²) in [6.07, 6.45) is 1.26. The lowest BCUT2D eigenvalue weighted by Crippen LogP contribution is -2.42. The zero-order chi connectivity index (χ0) is 29.9. The summed E-state index contributed by atoms with van der Waals surface area (Å²) in [7, 11) is 3.12. The molecule has 3 aliphatic heterocycles. The summed E-state index contributed by atoms with van der Waals surface area (Å²) < 4.78 is 22.4. The molecule has 1 aromatic carbocycles. The molecule has 1 fully saturated rings. The normalized spacial score (nSPS) is 19.3. The SMILES string of the molecule is CCOC(=O)C1CCN(C(=O)CC2=CSC3=NC(C)=C(C(=O)OC(C)(C)C)C(c4cccc(OC)c4OC)N23)CC1. The fourth-order valence-electron chi connectivity index (χ4n) is 5.28. The zero-order valence-electron chi connectivity index (χ0n) is 24.8. The molecule has 11 heteroatoms. The maximum Gasteiger partial charge on any atom is 0.338 e. The molecule has 0 bridgehead atoms. The number of nitrogens with zero attached hydrogens (tertiary/aromatic N) is 3. The smallest absolute Gasteiger partial charge is 0.338 e. The van der Waals surface area contributed by atoms with Crippen molar-refractivity contribution >= 4 is 34.8 Å². The van der Waals surface area contributed by atoms with Crippen LogP contribution < -0.4 is 9.47 Å². The molecule has 3 heterocycles. The standard InChI is InChI=1S/C30H39N3O7S/c1-8-39-27(35)19-12-14-32(15-13-19)23(34)16-20-17-41-29-31-18(2)24(28(36)40-30(3,4)5)25(33(20)29)21-10-9-11-22(37-6)26(21)38-7/h9-11,17,19,25H,8,12-16H2,1-7H3. The molecule has 41 heavy (non-hydrogen) atoms. The van der Waals surface area contributed by atoms with Gasteiger partial charge in [-0.15, -0.1) is 0 Å². The first-order chi connectivity index (χ1) is 19.5. The van der Waals surface area contributed by atoms with Crippen molar-refractivity contribution in [2.24, 2.45) is 10.9 Å². The molecule has 0 radical (unpaired) electrons. The molecular weight excluding hydrogens is 546 g/mol. The van der Waals surface area contributed by atoms with Crippen LogP contribution in [0.5, 0.6) is 11.5 Å². The highest BCUT2D eigenvalue weighted by atomic mass is 32.2. The second-order valence-corrected chi connectivity index (χ2v) is 11.9. The molecule has 222 valence electrons. The monoisotopic (exact) mass is 585 g/mol. The Balaban J connectivity index is 1.66. The number of likely N-dealkylation sites (tertiary alicyclic amines) is 1. The topological polar surface area (TPSA) is 107 Å². The van der Waals surface area contributed by atoms with E-state index in [-0.39, 0.29) is 24.2 Å². The molecule has 0 N–H and O–H groups in total. The Morgan fingerprint density at radius 1 is 1.10 bits per heavy atom. The molecule has 0 spiro atoms. The van der Waals surface area contributed by atoms with Crippen LogP contribution in [0, 0.1) is 5.92 Å². The molecule has 10 nitrogen and oxygen atoms in total. The van der Waals surface area contributed by atoms with Crippen LogP contribution in [-0.2, 0) is 23.9 Å². The van der Waals surface area contributed by atoms with Gasteiger partial charge in [-0.2, -0.15) is 0 Å².